The van der Waals surface area contributed by atoms with Crippen molar-refractivity contribution in [3.8, 4) is 11.4 Å². The number of benzene rings is 1. The molecule has 2 aliphatic rings. The Labute approximate surface area is 203 Å². The summed E-state index contributed by atoms with van der Waals surface area (Å²) in [5.41, 5.74) is 1.94. The van der Waals surface area contributed by atoms with Crippen LogP contribution < -0.4 is 4.74 Å². The topological polar surface area (TPSA) is 65.8 Å². The summed E-state index contributed by atoms with van der Waals surface area (Å²) >= 11 is 0. The lowest BCUT2D eigenvalue weighted by molar-refractivity contribution is -0.138. The van der Waals surface area contributed by atoms with Crippen molar-refractivity contribution in [2.75, 3.05) is 20.2 Å². The second kappa shape index (κ2) is 9.37. The predicted molar refractivity (Wildman–Crippen MR) is 123 cm³/mol. The van der Waals surface area contributed by atoms with Crippen molar-refractivity contribution in [3.63, 3.8) is 0 Å². The number of fused-ring (bicyclic) bond motifs is 1. The van der Waals surface area contributed by atoms with E-state index in [-0.39, 0.29) is 23.9 Å². The lowest BCUT2D eigenvalue weighted by atomic mass is 9.90. The molecule has 2 aliphatic heterocycles. The maximum absolute atomic E-state index is 13.4. The molecule has 0 aliphatic carbocycles. The van der Waals surface area contributed by atoms with Crippen LogP contribution in [0.15, 0.2) is 18.2 Å². The summed E-state index contributed by atoms with van der Waals surface area (Å²) in [6, 6.07) is 3.84. The molecule has 1 saturated heterocycles. The Kier molecular flexibility index (Phi) is 6.78. The largest absolute Gasteiger partial charge is 0.496 e. The quantitative estimate of drug-likeness (QED) is 0.565. The first-order valence-electron chi connectivity index (χ1n) is 11.8. The molecule has 2 aromatic rings. The Balaban J connectivity index is 1.63. The van der Waals surface area contributed by atoms with Crippen molar-refractivity contribution in [2.24, 2.45) is 0 Å². The third-order valence-electron chi connectivity index (χ3n) is 6.38. The van der Waals surface area contributed by atoms with Crippen molar-refractivity contribution >= 4 is 6.09 Å². The zero-order valence-corrected chi connectivity index (χ0v) is 20.7. The molecule has 0 N–H and O–H groups in total. The van der Waals surface area contributed by atoms with Gasteiger partial charge in [-0.2, -0.15) is 18.3 Å². The summed E-state index contributed by atoms with van der Waals surface area (Å²) in [7, 11) is 1.23. The summed E-state index contributed by atoms with van der Waals surface area (Å²) in [6.07, 6.45) is -2.83. The number of rotatable bonds is 3. The number of aromatic nitrogens is 2. The fourth-order valence-electron chi connectivity index (χ4n) is 4.68. The lowest BCUT2D eigenvalue weighted by Crippen LogP contribution is -2.41. The molecule has 192 valence electrons. The van der Waals surface area contributed by atoms with Gasteiger partial charge >= 0.3 is 12.3 Å². The molecule has 0 saturated carbocycles. The van der Waals surface area contributed by atoms with Crippen molar-refractivity contribution in [1.29, 1.82) is 0 Å². The Hall–Kier alpha value is -2.75. The van der Waals surface area contributed by atoms with Gasteiger partial charge in [0.05, 0.1) is 42.5 Å². The minimum atomic E-state index is -4.51. The second-order valence-corrected chi connectivity index (χ2v) is 10.2. The monoisotopic (exact) mass is 495 g/mol. The minimum Gasteiger partial charge on any atom is -0.496 e. The molecule has 1 fully saturated rings. The number of likely N-dealkylation sites (tertiary alicyclic amines) is 1. The Morgan fingerprint density at radius 2 is 1.86 bits per heavy atom. The molecule has 0 bridgehead atoms. The molecule has 0 spiro atoms. The van der Waals surface area contributed by atoms with Gasteiger partial charge < -0.3 is 19.1 Å². The van der Waals surface area contributed by atoms with Gasteiger partial charge in [0.15, 0.2) is 0 Å². The fourth-order valence-corrected chi connectivity index (χ4v) is 4.68. The molecule has 7 nitrogen and oxygen atoms in total. The number of hydrogen-bond acceptors (Lipinski definition) is 5. The third kappa shape index (κ3) is 5.42. The first-order valence-corrected chi connectivity index (χ1v) is 11.8. The van der Waals surface area contributed by atoms with Crippen molar-refractivity contribution in [1.82, 2.24) is 14.7 Å². The Bertz CT molecular complexity index is 1080. The molecule has 0 unspecified atom stereocenters. The number of methoxy groups -OCH3 is 1. The number of piperidine rings is 1. The zero-order chi connectivity index (χ0) is 25.5. The highest BCUT2D eigenvalue weighted by Crippen LogP contribution is 2.39. The number of hydrogen-bond donors (Lipinski definition) is 0. The van der Waals surface area contributed by atoms with Crippen LogP contribution in [0.2, 0.25) is 0 Å². The van der Waals surface area contributed by atoms with Crippen LogP contribution in [0.1, 0.15) is 69.0 Å². The first-order chi connectivity index (χ1) is 16.4. The van der Waals surface area contributed by atoms with E-state index in [0.29, 0.717) is 44.6 Å². The summed E-state index contributed by atoms with van der Waals surface area (Å²) in [4.78, 5) is 14.2. The molecule has 1 amide bonds. The molecule has 1 aromatic carbocycles. The molecule has 3 heterocycles. The van der Waals surface area contributed by atoms with Gasteiger partial charge in [-0.05, 0) is 52.7 Å². The number of ether oxygens (including phenoxy) is 3. The fraction of sp³-hybridized carbons (Fsp3) is 0.600. The van der Waals surface area contributed by atoms with Gasteiger partial charge in [-0.3, -0.25) is 0 Å². The molecule has 10 heteroatoms. The number of amides is 1. The SMILES string of the molecule is COc1cc(-n2nc(C3CCN(C(=O)OC(C)(C)C)CC3)c3c2C[C@H](C)OC3)ccc1C(F)(F)F. The van der Waals surface area contributed by atoms with Crippen LogP contribution in [0.4, 0.5) is 18.0 Å². The maximum atomic E-state index is 13.4. The standard InChI is InChI=1S/C25H32F3N3O4/c1-15-12-20-18(14-34-15)22(16-8-10-30(11-9-16)23(32)35-24(2,3)4)29-31(20)17-6-7-19(25(26,27)28)21(13-17)33-5/h6-7,13,15-16H,8-12,14H2,1-5H3/t15-/m0/s1. The van der Waals surface area contributed by atoms with Crippen molar-refractivity contribution < 1.29 is 32.2 Å². The van der Waals surface area contributed by atoms with Crippen LogP contribution in [-0.2, 0) is 28.7 Å². The normalized spacial score (nSPS) is 19.4. The van der Waals surface area contributed by atoms with E-state index in [4.69, 9.17) is 19.3 Å². The maximum Gasteiger partial charge on any atom is 0.419 e. The molecular formula is C25H32F3N3O4. The predicted octanol–water partition coefficient (Wildman–Crippen LogP) is 5.48. The number of halogens is 3. The molecule has 1 aromatic heterocycles. The molecule has 4 rings (SSSR count). The summed E-state index contributed by atoms with van der Waals surface area (Å²) in [5, 5.41) is 4.88. The highest BCUT2D eigenvalue weighted by Gasteiger charge is 2.36. The average molecular weight is 496 g/mol. The third-order valence-corrected chi connectivity index (χ3v) is 6.38. The van der Waals surface area contributed by atoms with Crippen LogP contribution in [0.5, 0.6) is 5.75 Å². The molecule has 1 atom stereocenters. The first kappa shape index (κ1) is 25.3. The average Bonchev–Trinajstić information content (AvgIpc) is 3.15. The van der Waals surface area contributed by atoms with E-state index in [1.165, 1.54) is 19.2 Å². The van der Waals surface area contributed by atoms with Gasteiger partial charge in [-0.15, -0.1) is 0 Å². The van der Waals surface area contributed by atoms with Crippen LogP contribution in [0, 0.1) is 0 Å². The van der Waals surface area contributed by atoms with Gasteiger partial charge in [0.1, 0.15) is 11.4 Å². The van der Waals surface area contributed by atoms with E-state index in [1.54, 1.807) is 9.58 Å². The lowest BCUT2D eigenvalue weighted by Gasteiger charge is -2.33. The van der Waals surface area contributed by atoms with Crippen molar-refractivity contribution in [2.45, 2.75) is 77.4 Å². The van der Waals surface area contributed by atoms with E-state index in [1.807, 2.05) is 27.7 Å². The van der Waals surface area contributed by atoms with E-state index in [0.717, 1.165) is 23.0 Å². The summed E-state index contributed by atoms with van der Waals surface area (Å²) in [6.45, 7) is 8.98. The molecular weight excluding hydrogens is 463 g/mol. The molecule has 0 radical (unpaired) electrons. The Morgan fingerprint density at radius 1 is 1.17 bits per heavy atom. The van der Waals surface area contributed by atoms with Crippen LogP contribution in [0.3, 0.4) is 0 Å². The number of alkyl halides is 3. The van der Waals surface area contributed by atoms with Crippen LogP contribution in [0.25, 0.3) is 5.69 Å². The highest BCUT2D eigenvalue weighted by molar-refractivity contribution is 5.68. The van der Waals surface area contributed by atoms with E-state index in [2.05, 4.69) is 0 Å². The van der Waals surface area contributed by atoms with E-state index < -0.39 is 17.3 Å². The highest BCUT2D eigenvalue weighted by atomic mass is 19.4. The minimum absolute atomic E-state index is 0.0313. The number of carbonyl (C=O) groups excluding carboxylic acids is 1. The number of carbonyl (C=O) groups is 1. The second-order valence-electron chi connectivity index (χ2n) is 10.2. The summed E-state index contributed by atoms with van der Waals surface area (Å²) < 4.78 is 58.3. The molecule has 35 heavy (non-hydrogen) atoms. The van der Waals surface area contributed by atoms with E-state index in [9.17, 15) is 18.0 Å². The van der Waals surface area contributed by atoms with Crippen LogP contribution in [-0.4, -0.2) is 52.7 Å². The summed E-state index contributed by atoms with van der Waals surface area (Å²) in [5.74, 6) is -0.136. The van der Waals surface area contributed by atoms with Crippen molar-refractivity contribution in [3.05, 3.63) is 40.7 Å². The van der Waals surface area contributed by atoms with Gasteiger partial charge in [0.25, 0.3) is 0 Å². The smallest absolute Gasteiger partial charge is 0.419 e. The van der Waals surface area contributed by atoms with Gasteiger partial charge in [-0.1, -0.05) is 0 Å². The van der Waals surface area contributed by atoms with Crippen LogP contribution >= 0.6 is 0 Å². The van der Waals surface area contributed by atoms with Gasteiger partial charge in [0, 0.05) is 37.1 Å². The Morgan fingerprint density at radius 3 is 2.46 bits per heavy atom. The van der Waals surface area contributed by atoms with Gasteiger partial charge in [-0.25, -0.2) is 9.48 Å². The zero-order valence-electron chi connectivity index (χ0n) is 20.7. The van der Waals surface area contributed by atoms with Gasteiger partial charge in [0.2, 0.25) is 0 Å². The van der Waals surface area contributed by atoms with E-state index >= 15 is 0 Å². The number of nitrogens with zero attached hydrogens (tertiary/aromatic N) is 3.